The first-order valence-corrected chi connectivity index (χ1v) is 7.45. The van der Waals surface area contributed by atoms with Crippen molar-refractivity contribution < 1.29 is 23.9 Å². The summed E-state index contributed by atoms with van der Waals surface area (Å²) in [5.41, 5.74) is 0.688. The number of esters is 2. The highest BCUT2D eigenvalue weighted by atomic mass is 16.5. The van der Waals surface area contributed by atoms with Crippen LogP contribution in [-0.2, 0) is 23.9 Å². The van der Waals surface area contributed by atoms with Crippen molar-refractivity contribution in [1.29, 1.82) is 0 Å². The summed E-state index contributed by atoms with van der Waals surface area (Å²) < 4.78 is 9.73. The van der Waals surface area contributed by atoms with Crippen molar-refractivity contribution in [1.82, 2.24) is 5.32 Å². The molecule has 0 heterocycles. The van der Waals surface area contributed by atoms with E-state index < -0.39 is 29.3 Å². The molecule has 0 radical (unpaired) electrons. The molecule has 6 nitrogen and oxygen atoms in total. The molecule has 0 fully saturated rings. The van der Waals surface area contributed by atoms with E-state index in [1.807, 2.05) is 26.8 Å². The lowest BCUT2D eigenvalue weighted by Crippen LogP contribution is -2.43. The van der Waals surface area contributed by atoms with Crippen LogP contribution in [0.1, 0.15) is 34.6 Å². The van der Waals surface area contributed by atoms with Gasteiger partial charge in [0.05, 0.1) is 31.4 Å². The fourth-order valence-corrected chi connectivity index (χ4v) is 2.71. The predicted molar refractivity (Wildman–Crippen MR) is 85.4 cm³/mol. The minimum atomic E-state index is -0.594. The van der Waals surface area contributed by atoms with E-state index in [2.05, 4.69) is 5.32 Å². The summed E-state index contributed by atoms with van der Waals surface area (Å²) in [4.78, 5) is 36.1. The second kappa shape index (κ2) is 6.98. The molecule has 0 aliphatic heterocycles. The topological polar surface area (TPSA) is 81.7 Å². The highest BCUT2D eigenvalue weighted by molar-refractivity contribution is 6.05. The number of carbonyl (C=O) groups is 3. The van der Waals surface area contributed by atoms with Gasteiger partial charge in [0.25, 0.3) is 0 Å². The Balaban J connectivity index is 3.62. The van der Waals surface area contributed by atoms with Crippen LogP contribution in [0.5, 0.6) is 0 Å². The van der Waals surface area contributed by atoms with Gasteiger partial charge in [0.15, 0.2) is 0 Å². The number of hydrogen-bond acceptors (Lipinski definition) is 5. The van der Waals surface area contributed by atoms with Gasteiger partial charge in [-0.25, -0.2) is 9.59 Å². The maximum absolute atomic E-state index is 12.3. The molecule has 1 rings (SSSR count). The zero-order valence-corrected chi connectivity index (χ0v) is 14.8. The molecule has 0 unspecified atom stereocenters. The van der Waals surface area contributed by atoms with Gasteiger partial charge < -0.3 is 14.8 Å². The zero-order chi connectivity index (χ0) is 17.9. The molecule has 0 aromatic rings. The molecular formula is C17H25NO5. The molecule has 0 bridgehead atoms. The van der Waals surface area contributed by atoms with Crippen LogP contribution in [0, 0.1) is 11.3 Å². The summed E-state index contributed by atoms with van der Waals surface area (Å²) in [6.45, 7) is 8.97. The summed E-state index contributed by atoms with van der Waals surface area (Å²) in [5.74, 6) is -1.80. The third-order valence-electron chi connectivity index (χ3n) is 3.85. The summed E-state index contributed by atoms with van der Waals surface area (Å²) >= 11 is 0. The Morgan fingerprint density at radius 3 is 2.00 bits per heavy atom. The Morgan fingerprint density at radius 1 is 1.09 bits per heavy atom. The first kappa shape index (κ1) is 18.9. The van der Waals surface area contributed by atoms with Gasteiger partial charge in [0.2, 0.25) is 5.91 Å². The van der Waals surface area contributed by atoms with Crippen molar-refractivity contribution >= 4 is 17.8 Å². The Labute approximate surface area is 136 Å². The molecule has 0 spiro atoms. The SMILES string of the molecule is COC(=O)C1=C(C(=O)OC)[C@@H](C)[C@@H](NC(C)=O)C=C1C(C)(C)C. The van der Waals surface area contributed by atoms with Crippen molar-refractivity contribution in [3.63, 3.8) is 0 Å². The molecule has 0 aromatic carbocycles. The van der Waals surface area contributed by atoms with E-state index in [0.29, 0.717) is 5.57 Å². The second-order valence-electron chi connectivity index (χ2n) is 6.62. The van der Waals surface area contributed by atoms with E-state index in [-0.39, 0.29) is 17.1 Å². The van der Waals surface area contributed by atoms with Crippen LogP contribution in [0.15, 0.2) is 22.8 Å². The highest BCUT2D eigenvalue weighted by Gasteiger charge is 2.40. The van der Waals surface area contributed by atoms with Crippen LogP contribution < -0.4 is 5.32 Å². The Bertz CT molecular complexity index is 580. The van der Waals surface area contributed by atoms with Gasteiger partial charge in [0, 0.05) is 12.8 Å². The zero-order valence-electron chi connectivity index (χ0n) is 14.8. The average molecular weight is 323 g/mol. The van der Waals surface area contributed by atoms with Crippen LogP contribution >= 0.6 is 0 Å². The van der Waals surface area contributed by atoms with E-state index in [0.717, 1.165) is 0 Å². The largest absolute Gasteiger partial charge is 0.466 e. The van der Waals surface area contributed by atoms with Crippen molar-refractivity contribution in [2.24, 2.45) is 11.3 Å². The second-order valence-corrected chi connectivity index (χ2v) is 6.62. The molecule has 1 aliphatic carbocycles. The highest BCUT2D eigenvalue weighted by Crippen LogP contribution is 2.40. The van der Waals surface area contributed by atoms with Crippen LogP contribution in [-0.4, -0.2) is 38.1 Å². The van der Waals surface area contributed by atoms with Gasteiger partial charge in [0.1, 0.15) is 0 Å². The Kier molecular flexibility index (Phi) is 5.75. The monoisotopic (exact) mass is 323 g/mol. The third-order valence-corrected chi connectivity index (χ3v) is 3.85. The van der Waals surface area contributed by atoms with E-state index in [4.69, 9.17) is 9.47 Å². The molecule has 0 saturated carbocycles. The number of methoxy groups -OCH3 is 2. The van der Waals surface area contributed by atoms with E-state index in [1.54, 1.807) is 6.92 Å². The van der Waals surface area contributed by atoms with Crippen LogP contribution in [0.2, 0.25) is 0 Å². The van der Waals surface area contributed by atoms with Gasteiger partial charge in [-0.05, 0) is 11.0 Å². The lowest BCUT2D eigenvalue weighted by atomic mass is 9.72. The maximum Gasteiger partial charge on any atom is 0.338 e. The number of rotatable bonds is 3. The van der Waals surface area contributed by atoms with Gasteiger partial charge in [-0.1, -0.05) is 33.8 Å². The third kappa shape index (κ3) is 4.00. The average Bonchev–Trinajstić information content (AvgIpc) is 2.45. The standard InChI is InChI=1S/C17H25NO5/c1-9-12(18-10(2)19)8-11(17(3,4)5)14(16(21)23-7)13(9)15(20)22-6/h8-9,12H,1-7H3,(H,18,19)/t9-,12-/m0/s1. The summed E-state index contributed by atoms with van der Waals surface area (Å²) in [6.07, 6.45) is 1.82. The number of amides is 1. The minimum Gasteiger partial charge on any atom is -0.466 e. The summed E-state index contributed by atoms with van der Waals surface area (Å²) in [7, 11) is 2.54. The molecule has 1 N–H and O–H groups in total. The predicted octanol–water partition coefficient (Wildman–Crippen LogP) is 1.76. The molecule has 1 aliphatic rings. The smallest absolute Gasteiger partial charge is 0.338 e. The summed E-state index contributed by atoms with van der Waals surface area (Å²) in [5, 5.41) is 2.81. The van der Waals surface area contributed by atoms with Crippen molar-refractivity contribution in [2.75, 3.05) is 14.2 Å². The first-order chi connectivity index (χ1) is 10.5. The molecule has 6 heteroatoms. The first-order valence-electron chi connectivity index (χ1n) is 7.45. The van der Waals surface area contributed by atoms with E-state index >= 15 is 0 Å². The van der Waals surface area contributed by atoms with Gasteiger partial charge in [-0.2, -0.15) is 0 Å². The quantitative estimate of drug-likeness (QED) is 0.800. The van der Waals surface area contributed by atoms with Gasteiger partial charge in [-0.15, -0.1) is 0 Å². The fraction of sp³-hybridized carbons (Fsp3) is 0.588. The van der Waals surface area contributed by atoms with E-state index in [9.17, 15) is 14.4 Å². The lowest BCUT2D eigenvalue weighted by molar-refractivity contribution is -0.140. The molecule has 1 amide bonds. The van der Waals surface area contributed by atoms with Crippen LogP contribution in [0.4, 0.5) is 0 Å². The number of carbonyl (C=O) groups excluding carboxylic acids is 3. The lowest BCUT2D eigenvalue weighted by Gasteiger charge is -2.35. The maximum atomic E-state index is 12.3. The molecule has 2 atom stereocenters. The van der Waals surface area contributed by atoms with Crippen LogP contribution in [0.3, 0.4) is 0 Å². The molecule has 128 valence electrons. The Morgan fingerprint density at radius 2 is 1.61 bits per heavy atom. The summed E-state index contributed by atoms with van der Waals surface area (Å²) in [6, 6.07) is -0.399. The molecular weight excluding hydrogens is 298 g/mol. The van der Waals surface area contributed by atoms with Gasteiger partial charge >= 0.3 is 11.9 Å². The van der Waals surface area contributed by atoms with Crippen molar-refractivity contribution in [3.05, 3.63) is 22.8 Å². The normalized spacial score (nSPS) is 21.4. The minimum absolute atomic E-state index is 0.211. The molecule has 0 saturated heterocycles. The van der Waals surface area contributed by atoms with Crippen LogP contribution in [0.25, 0.3) is 0 Å². The number of hydrogen-bond donors (Lipinski definition) is 1. The fourth-order valence-electron chi connectivity index (χ4n) is 2.71. The molecule has 0 aromatic heterocycles. The number of nitrogens with one attached hydrogen (secondary N) is 1. The van der Waals surface area contributed by atoms with Crippen molar-refractivity contribution in [3.8, 4) is 0 Å². The Hall–Kier alpha value is -2.11. The van der Waals surface area contributed by atoms with E-state index in [1.165, 1.54) is 21.1 Å². The molecule has 23 heavy (non-hydrogen) atoms. The number of ether oxygens (including phenoxy) is 2. The van der Waals surface area contributed by atoms with Crippen molar-refractivity contribution in [2.45, 2.75) is 40.7 Å². The van der Waals surface area contributed by atoms with Gasteiger partial charge in [-0.3, -0.25) is 4.79 Å².